The third-order valence-electron chi connectivity index (χ3n) is 1.41. The van der Waals surface area contributed by atoms with E-state index >= 15 is 0 Å². The summed E-state index contributed by atoms with van der Waals surface area (Å²) in [5.74, 6) is 1.74. The average Bonchev–Trinajstić information content (AvgIpc) is 1.97. The zero-order valence-electron chi connectivity index (χ0n) is 8.10. The Labute approximate surface area is 78.1 Å². The molecule has 0 heterocycles. The maximum atomic E-state index is 11.3. The van der Waals surface area contributed by atoms with E-state index in [1.165, 1.54) is 6.92 Å². The molecule has 0 bridgehead atoms. The Morgan fingerprint density at radius 3 is 2.38 bits per heavy atom. The monoisotopic (exact) mass is 182 g/mol. The van der Waals surface area contributed by atoms with Crippen molar-refractivity contribution in [2.24, 2.45) is 0 Å². The van der Waals surface area contributed by atoms with Gasteiger partial charge in [0.25, 0.3) is 0 Å². The SMILES string of the molecule is C#CCNC(=O)C(C)(C)NC(C)=O. The summed E-state index contributed by atoms with van der Waals surface area (Å²) in [5.41, 5.74) is -0.914. The molecule has 0 aromatic rings. The van der Waals surface area contributed by atoms with Gasteiger partial charge in [-0.2, -0.15) is 0 Å². The van der Waals surface area contributed by atoms with Gasteiger partial charge in [-0.1, -0.05) is 5.92 Å². The molecule has 0 aliphatic carbocycles. The fraction of sp³-hybridized carbons (Fsp3) is 0.556. The molecular weight excluding hydrogens is 168 g/mol. The number of hydrogen-bond acceptors (Lipinski definition) is 2. The zero-order valence-corrected chi connectivity index (χ0v) is 8.10. The first kappa shape index (κ1) is 11.5. The quantitative estimate of drug-likeness (QED) is 0.586. The topological polar surface area (TPSA) is 58.2 Å². The van der Waals surface area contributed by atoms with Gasteiger partial charge in [0, 0.05) is 6.92 Å². The lowest BCUT2D eigenvalue weighted by atomic mass is 10.0. The molecule has 2 N–H and O–H groups in total. The lowest BCUT2D eigenvalue weighted by Crippen LogP contribution is -2.54. The molecule has 0 spiro atoms. The molecule has 72 valence electrons. The van der Waals surface area contributed by atoms with Crippen molar-refractivity contribution in [1.82, 2.24) is 10.6 Å². The van der Waals surface area contributed by atoms with E-state index in [2.05, 4.69) is 16.6 Å². The standard InChI is InChI=1S/C9H14N2O2/c1-5-6-10-8(13)9(3,4)11-7(2)12/h1H,6H2,2-4H3,(H,10,13)(H,11,12). The van der Waals surface area contributed by atoms with Gasteiger partial charge in [0.05, 0.1) is 6.54 Å². The molecule has 0 aromatic carbocycles. The third kappa shape index (κ3) is 4.16. The van der Waals surface area contributed by atoms with Crippen LogP contribution in [0, 0.1) is 12.3 Å². The van der Waals surface area contributed by atoms with Crippen molar-refractivity contribution in [3.05, 3.63) is 0 Å². The van der Waals surface area contributed by atoms with Crippen molar-refractivity contribution in [3.63, 3.8) is 0 Å². The fourth-order valence-corrected chi connectivity index (χ4v) is 0.849. The Kier molecular flexibility index (Phi) is 3.99. The lowest BCUT2D eigenvalue weighted by Gasteiger charge is -2.23. The van der Waals surface area contributed by atoms with E-state index in [1.807, 2.05) is 0 Å². The normalized spacial score (nSPS) is 10.0. The number of amides is 2. The largest absolute Gasteiger partial charge is 0.343 e. The summed E-state index contributed by atoms with van der Waals surface area (Å²) >= 11 is 0. The van der Waals surface area contributed by atoms with Crippen LogP contribution in [0.25, 0.3) is 0 Å². The van der Waals surface area contributed by atoms with E-state index in [9.17, 15) is 9.59 Å². The molecule has 0 radical (unpaired) electrons. The van der Waals surface area contributed by atoms with Crippen molar-refractivity contribution in [3.8, 4) is 12.3 Å². The van der Waals surface area contributed by atoms with Gasteiger partial charge in [-0.05, 0) is 13.8 Å². The molecule has 2 amide bonds. The van der Waals surface area contributed by atoms with Crippen molar-refractivity contribution < 1.29 is 9.59 Å². The summed E-state index contributed by atoms with van der Waals surface area (Å²) in [4.78, 5) is 22.0. The van der Waals surface area contributed by atoms with E-state index < -0.39 is 5.54 Å². The molecule has 4 nitrogen and oxygen atoms in total. The van der Waals surface area contributed by atoms with Crippen LogP contribution in [-0.2, 0) is 9.59 Å². The van der Waals surface area contributed by atoms with E-state index in [0.717, 1.165) is 0 Å². The van der Waals surface area contributed by atoms with Crippen LogP contribution < -0.4 is 10.6 Å². The van der Waals surface area contributed by atoms with E-state index in [0.29, 0.717) is 0 Å². The first-order valence-electron chi connectivity index (χ1n) is 3.90. The van der Waals surface area contributed by atoms with Gasteiger partial charge in [-0.3, -0.25) is 9.59 Å². The Morgan fingerprint density at radius 2 is 2.00 bits per heavy atom. The molecular formula is C9H14N2O2. The van der Waals surface area contributed by atoms with Gasteiger partial charge in [-0.15, -0.1) is 6.42 Å². The second kappa shape index (κ2) is 4.51. The van der Waals surface area contributed by atoms with Crippen LogP contribution in [0.1, 0.15) is 20.8 Å². The highest BCUT2D eigenvalue weighted by Gasteiger charge is 2.27. The summed E-state index contributed by atoms with van der Waals surface area (Å²) in [6, 6.07) is 0. The summed E-state index contributed by atoms with van der Waals surface area (Å²) in [6.45, 7) is 4.75. The molecule has 0 aromatic heterocycles. The second-order valence-electron chi connectivity index (χ2n) is 3.19. The Morgan fingerprint density at radius 1 is 1.46 bits per heavy atom. The predicted octanol–water partition coefficient (Wildman–Crippen LogP) is -0.350. The zero-order chi connectivity index (χ0) is 10.5. The highest BCUT2D eigenvalue weighted by molar-refractivity contribution is 5.90. The molecule has 0 saturated heterocycles. The second-order valence-corrected chi connectivity index (χ2v) is 3.19. The highest BCUT2D eigenvalue weighted by Crippen LogP contribution is 2.00. The predicted molar refractivity (Wildman–Crippen MR) is 49.7 cm³/mol. The summed E-state index contributed by atoms with van der Waals surface area (Å²) in [7, 11) is 0. The molecule has 13 heavy (non-hydrogen) atoms. The van der Waals surface area contributed by atoms with Crippen LogP contribution in [-0.4, -0.2) is 23.9 Å². The number of carbonyl (C=O) groups is 2. The number of hydrogen-bond donors (Lipinski definition) is 2. The van der Waals surface area contributed by atoms with E-state index in [-0.39, 0.29) is 18.4 Å². The Bertz CT molecular complexity index is 251. The third-order valence-corrected chi connectivity index (χ3v) is 1.41. The van der Waals surface area contributed by atoms with Gasteiger partial charge >= 0.3 is 0 Å². The summed E-state index contributed by atoms with van der Waals surface area (Å²) in [6.07, 6.45) is 4.97. The minimum absolute atomic E-state index is 0.169. The van der Waals surface area contributed by atoms with Crippen LogP contribution in [0.2, 0.25) is 0 Å². The molecule has 0 unspecified atom stereocenters. The minimum atomic E-state index is -0.914. The van der Waals surface area contributed by atoms with E-state index in [1.54, 1.807) is 13.8 Å². The maximum absolute atomic E-state index is 11.3. The number of rotatable bonds is 3. The molecule has 0 fully saturated rings. The maximum Gasteiger partial charge on any atom is 0.245 e. The van der Waals surface area contributed by atoms with Crippen LogP contribution in [0.4, 0.5) is 0 Å². The van der Waals surface area contributed by atoms with Crippen LogP contribution in [0.15, 0.2) is 0 Å². The lowest BCUT2D eigenvalue weighted by molar-refractivity contribution is -0.131. The van der Waals surface area contributed by atoms with Gasteiger partial charge < -0.3 is 10.6 Å². The molecule has 0 rings (SSSR count). The van der Waals surface area contributed by atoms with Crippen LogP contribution in [0.3, 0.4) is 0 Å². The molecule has 0 atom stereocenters. The van der Waals surface area contributed by atoms with Crippen LogP contribution in [0.5, 0.6) is 0 Å². The number of carbonyl (C=O) groups excluding carboxylic acids is 2. The summed E-state index contributed by atoms with van der Waals surface area (Å²) < 4.78 is 0. The first-order valence-corrected chi connectivity index (χ1v) is 3.90. The Hall–Kier alpha value is -1.50. The Balaban J connectivity index is 4.20. The van der Waals surface area contributed by atoms with Gasteiger partial charge in [-0.25, -0.2) is 0 Å². The molecule has 0 aliphatic rings. The first-order chi connectivity index (χ1) is 5.90. The summed E-state index contributed by atoms with van der Waals surface area (Å²) in [5, 5.41) is 5.00. The van der Waals surface area contributed by atoms with Crippen molar-refractivity contribution >= 4 is 11.8 Å². The highest BCUT2D eigenvalue weighted by atomic mass is 16.2. The van der Waals surface area contributed by atoms with Gasteiger partial charge in [0.2, 0.25) is 11.8 Å². The molecule has 0 aliphatic heterocycles. The van der Waals surface area contributed by atoms with Gasteiger partial charge in [0.15, 0.2) is 0 Å². The van der Waals surface area contributed by atoms with Gasteiger partial charge in [0.1, 0.15) is 5.54 Å². The number of terminal acetylenes is 1. The van der Waals surface area contributed by atoms with Crippen molar-refractivity contribution in [1.29, 1.82) is 0 Å². The fourth-order valence-electron chi connectivity index (χ4n) is 0.849. The van der Waals surface area contributed by atoms with E-state index in [4.69, 9.17) is 6.42 Å². The van der Waals surface area contributed by atoms with Crippen molar-refractivity contribution in [2.45, 2.75) is 26.3 Å². The van der Waals surface area contributed by atoms with Crippen LogP contribution >= 0.6 is 0 Å². The van der Waals surface area contributed by atoms with Crippen molar-refractivity contribution in [2.75, 3.05) is 6.54 Å². The minimum Gasteiger partial charge on any atom is -0.343 e. The average molecular weight is 182 g/mol. The molecule has 4 heteroatoms. The number of nitrogens with one attached hydrogen (secondary N) is 2. The smallest absolute Gasteiger partial charge is 0.245 e. The molecule has 0 saturated carbocycles.